The maximum Gasteiger partial charge on any atom is 0.253 e. The minimum Gasteiger partial charge on any atom is -0.487 e. The number of carbonyl (C=O) groups excluding carboxylic acids is 1. The number of fused-ring (bicyclic) bond motifs is 2. The van der Waals surface area contributed by atoms with Gasteiger partial charge in [0.05, 0.1) is 18.7 Å². The molecule has 2 heterocycles. The van der Waals surface area contributed by atoms with Crippen LogP contribution in [-0.4, -0.2) is 74.3 Å². The molecule has 9 nitrogen and oxygen atoms in total. The Bertz CT molecular complexity index is 1670. The number of likely N-dealkylation sites (N-methyl/N-ethyl adjacent to an activating group) is 1. The summed E-state index contributed by atoms with van der Waals surface area (Å²) < 4.78 is 59.9. The van der Waals surface area contributed by atoms with E-state index in [9.17, 15) is 22.7 Å². The summed E-state index contributed by atoms with van der Waals surface area (Å²) in [7, 11) is -2.42. The van der Waals surface area contributed by atoms with E-state index in [-0.39, 0.29) is 54.5 Å². The molecule has 0 saturated carbocycles. The van der Waals surface area contributed by atoms with Gasteiger partial charge in [-0.1, -0.05) is 30.9 Å². The van der Waals surface area contributed by atoms with E-state index >= 15 is 0 Å². The lowest BCUT2D eigenvalue weighted by Gasteiger charge is -2.37. The maximum absolute atomic E-state index is 14.1. The second-order valence-electron chi connectivity index (χ2n) is 10.4. The van der Waals surface area contributed by atoms with Gasteiger partial charge in [0.25, 0.3) is 5.91 Å². The van der Waals surface area contributed by atoms with Crippen LogP contribution < -0.4 is 14.2 Å². The predicted molar refractivity (Wildman–Crippen MR) is 152 cm³/mol. The highest BCUT2D eigenvalue weighted by atomic mass is 32.2. The molecule has 2 aliphatic heterocycles. The van der Waals surface area contributed by atoms with Gasteiger partial charge in [0.1, 0.15) is 22.6 Å². The molecule has 220 valence electrons. The number of amides is 1. The number of nitrogens with zero attached hydrogens (tertiary/aromatic N) is 2. The molecule has 0 aliphatic carbocycles. The molecule has 0 fully saturated rings. The third-order valence-corrected chi connectivity index (χ3v) is 9.32. The van der Waals surface area contributed by atoms with E-state index in [4.69, 9.17) is 14.2 Å². The number of ether oxygens (including phenoxy) is 3. The largest absolute Gasteiger partial charge is 0.487 e. The first kappa shape index (κ1) is 29.4. The van der Waals surface area contributed by atoms with Crippen LogP contribution in [0, 0.1) is 23.6 Å². The van der Waals surface area contributed by atoms with E-state index in [1.807, 2.05) is 6.92 Å². The van der Waals surface area contributed by atoms with Crippen LogP contribution in [0.2, 0.25) is 0 Å². The second-order valence-corrected chi connectivity index (χ2v) is 12.2. The highest BCUT2D eigenvalue weighted by Crippen LogP contribution is 2.35. The quantitative estimate of drug-likeness (QED) is 0.451. The van der Waals surface area contributed by atoms with Crippen molar-refractivity contribution in [1.29, 1.82) is 0 Å². The average Bonchev–Trinajstić information content (AvgIpc) is 3.45. The average molecular weight is 595 g/mol. The van der Waals surface area contributed by atoms with Crippen molar-refractivity contribution in [3.05, 3.63) is 83.2 Å². The fourth-order valence-electron chi connectivity index (χ4n) is 4.83. The Morgan fingerprint density at radius 2 is 1.86 bits per heavy atom. The Kier molecular flexibility index (Phi) is 8.41. The summed E-state index contributed by atoms with van der Waals surface area (Å²) in [6.07, 6.45) is -0.620. The molecule has 1 amide bonds. The van der Waals surface area contributed by atoms with E-state index in [0.29, 0.717) is 22.6 Å². The highest BCUT2D eigenvalue weighted by Gasteiger charge is 2.38. The smallest absolute Gasteiger partial charge is 0.253 e. The number of benzene rings is 3. The topological polar surface area (TPSA) is 106 Å². The van der Waals surface area contributed by atoms with Crippen LogP contribution >= 0.6 is 0 Å². The number of aliphatic hydroxyl groups excluding tert-OH is 1. The molecule has 3 atom stereocenters. The minimum atomic E-state index is -4.06. The third-order valence-electron chi connectivity index (χ3n) is 7.30. The third kappa shape index (κ3) is 5.92. The lowest BCUT2D eigenvalue weighted by Crippen LogP contribution is -2.50. The van der Waals surface area contributed by atoms with E-state index < -0.39 is 28.0 Å². The zero-order valence-electron chi connectivity index (χ0n) is 23.4. The summed E-state index contributed by atoms with van der Waals surface area (Å²) in [6, 6.07) is 14.8. The molecule has 0 bridgehead atoms. The molecule has 3 aromatic carbocycles. The van der Waals surface area contributed by atoms with Crippen molar-refractivity contribution in [2.75, 3.05) is 33.5 Å². The zero-order chi connectivity index (χ0) is 30.0. The van der Waals surface area contributed by atoms with Crippen LogP contribution in [0.25, 0.3) is 0 Å². The zero-order valence-corrected chi connectivity index (χ0v) is 24.2. The Balaban J connectivity index is 1.48. The molecule has 5 rings (SSSR count). The highest BCUT2D eigenvalue weighted by molar-refractivity contribution is 7.89. The molecule has 3 aromatic rings. The second kappa shape index (κ2) is 12.0. The van der Waals surface area contributed by atoms with Gasteiger partial charge >= 0.3 is 0 Å². The van der Waals surface area contributed by atoms with Gasteiger partial charge < -0.3 is 24.2 Å². The number of hydrogen-bond acceptors (Lipinski definition) is 7. The van der Waals surface area contributed by atoms with Crippen molar-refractivity contribution in [2.24, 2.45) is 5.92 Å². The van der Waals surface area contributed by atoms with Gasteiger partial charge in [-0.25, -0.2) is 12.8 Å². The normalized spacial score (nSPS) is 19.7. The lowest BCUT2D eigenvalue weighted by molar-refractivity contribution is 0.0563. The number of halogens is 1. The Morgan fingerprint density at radius 3 is 2.62 bits per heavy atom. The molecule has 11 heteroatoms. The van der Waals surface area contributed by atoms with Crippen LogP contribution in [0.1, 0.15) is 35.3 Å². The van der Waals surface area contributed by atoms with Crippen molar-refractivity contribution in [2.45, 2.75) is 30.9 Å². The van der Waals surface area contributed by atoms with Crippen LogP contribution in [0.15, 0.2) is 65.6 Å². The van der Waals surface area contributed by atoms with Gasteiger partial charge in [-0.2, -0.15) is 4.31 Å². The maximum atomic E-state index is 14.1. The van der Waals surface area contributed by atoms with Crippen LogP contribution in [0.3, 0.4) is 0 Å². The molecular formula is C31H31FN2O7S. The van der Waals surface area contributed by atoms with Crippen molar-refractivity contribution < 1.29 is 36.9 Å². The van der Waals surface area contributed by atoms with Crippen LogP contribution in [0.4, 0.5) is 4.39 Å². The number of rotatable bonds is 5. The Hall–Kier alpha value is -4.11. The molecule has 42 heavy (non-hydrogen) atoms. The van der Waals surface area contributed by atoms with Crippen molar-refractivity contribution in [1.82, 2.24) is 9.21 Å². The van der Waals surface area contributed by atoms with Crippen LogP contribution in [0.5, 0.6) is 17.2 Å². The van der Waals surface area contributed by atoms with Gasteiger partial charge in [0, 0.05) is 36.7 Å². The van der Waals surface area contributed by atoms with Crippen molar-refractivity contribution >= 4 is 15.9 Å². The predicted octanol–water partition coefficient (Wildman–Crippen LogP) is 3.50. The lowest BCUT2D eigenvalue weighted by atomic mass is 10.0. The molecule has 2 aliphatic rings. The van der Waals surface area contributed by atoms with E-state index in [1.54, 1.807) is 50.4 Å². The van der Waals surface area contributed by atoms with E-state index in [2.05, 4.69) is 11.8 Å². The van der Waals surface area contributed by atoms with Crippen LogP contribution in [-0.2, 0) is 10.0 Å². The first-order valence-electron chi connectivity index (χ1n) is 13.4. The molecule has 0 spiro atoms. The summed E-state index contributed by atoms with van der Waals surface area (Å²) in [5.74, 6) is 5.66. The number of sulfonamides is 1. The van der Waals surface area contributed by atoms with Gasteiger partial charge in [-0.05, 0) is 55.5 Å². The van der Waals surface area contributed by atoms with E-state index in [0.717, 1.165) is 0 Å². The standard InChI is InChI=1S/C31H31FN2O7S/c1-20-16-34(21(2)18-35)42(37,38)30-13-9-22(8-10-23-6-4-5-7-25(23)32)14-28(30)41-29(20)17-33(3)31(36)24-11-12-26-27(15-24)40-19-39-26/h4-7,9,11-15,20-21,29,35H,16-19H2,1-3H3/t20-,21+,29+/m1/s1. The van der Waals surface area contributed by atoms with Gasteiger partial charge in [0.15, 0.2) is 11.5 Å². The number of hydrogen-bond donors (Lipinski definition) is 1. The molecular weight excluding hydrogens is 563 g/mol. The summed E-state index contributed by atoms with van der Waals surface area (Å²) >= 11 is 0. The number of carbonyl (C=O) groups is 1. The molecule has 0 aromatic heterocycles. The summed E-state index contributed by atoms with van der Waals surface area (Å²) in [5.41, 5.74) is 1.03. The molecule has 0 saturated heterocycles. The molecule has 1 N–H and O–H groups in total. The van der Waals surface area contributed by atoms with E-state index in [1.165, 1.54) is 33.5 Å². The summed E-state index contributed by atoms with van der Waals surface area (Å²) in [5, 5.41) is 9.88. The fraction of sp³-hybridized carbons (Fsp3) is 0.323. The monoisotopic (exact) mass is 594 g/mol. The van der Waals surface area contributed by atoms with Crippen molar-refractivity contribution in [3.8, 4) is 29.1 Å². The fourth-order valence-corrected chi connectivity index (χ4v) is 6.65. The molecule has 0 radical (unpaired) electrons. The summed E-state index contributed by atoms with van der Waals surface area (Å²) in [4.78, 5) is 14.8. The Morgan fingerprint density at radius 1 is 1.10 bits per heavy atom. The molecule has 0 unspecified atom stereocenters. The summed E-state index contributed by atoms with van der Waals surface area (Å²) in [6.45, 7) is 3.39. The van der Waals surface area contributed by atoms with Gasteiger partial charge in [0.2, 0.25) is 16.8 Å². The number of aliphatic hydroxyl groups is 1. The minimum absolute atomic E-state index is 0.0611. The first-order valence-corrected chi connectivity index (χ1v) is 14.9. The van der Waals surface area contributed by atoms with Crippen molar-refractivity contribution in [3.63, 3.8) is 0 Å². The first-order chi connectivity index (χ1) is 20.1. The Labute approximate surface area is 244 Å². The van der Waals surface area contributed by atoms with Gasteiger partial charge in [-0.15, -0.1) is 0 Å². The van der Waals surface area contributed by atoms with Gasteiger partial charge in [-0.3, -0.25) is 4.79 Å². The SMILES string of the molecule is C[C@@H]1CN([C@@H](C)CO)S(=O)(=O)c2ccc(C#Cc3ccccc3F)cc2O[C@H]1CN(C)C(=O)c1ccc2c(c1)OCO2.